The number of hydrogen-bond acceptors (Lipinski definition) is 1. The van der Waals surface area contributed by atoms with Gasteiger partial charge in [-0.3, -0.25) is 4.79 Å². The molecule has 0 bridgehead atoms. The Kier molecular flexibility index (Phi) is 2.60. The number of hydrogen-bond donors (Lipinski definition) is 1. The highest BCUT2D eigenvalue weighted by atomic mass is 35.5. The van der Waals surface area contributed by atoms with Crippen molar-refractivity contribution in [2.75, 3.05) is 0 Å². The van der Waals surface area contributed by atoms with Gasteiger partial charge in [-0.05, 0) is 36.2 Å². The molecule has 2 aromatic rings. The van der Waals surface area contributed by atoms with Crippen LogP contribution in [-0.2, 0) is 0 Å². The average molecular weight is 220 g/mol. The van der Waals surface area contributed by atoms with E-state index < -0.39 is 0 Å². The van der Waals surface area contributed by atoms with Crippen LogP contribution in [0.1, 0.15) is 5.69 Å². The lowest BCUT2D eigenvalue weighted by Crippen LogP contribution is -2.05. The van der Waals surface area contributed by atoms with E-state index in [9.17, 15) is 4.79 Å². The molecule has 1 heterocycles. The molecule has 0 amide bonds. The molecule has 1 aromatic heterocycles. The summed E-state index contributed by atoms with van der Waals surface area (Å²) in [4.78, 5) is 14.0. The Morgan fingerprint density at radius 3 is 2.33 bits per heavy atom. The monoisotopic (exact) mass is 219 g/mol. The van der Waals surface area contributed by atoms with Gasteiger partial charge in [-0.15, -0.1) is 0 Å². The summed E-state index contributed by atoms with van der Waals surface area (Å²) >= 11 is 5.79. The zero-order valence-corrected chi connectivity index (χ0v) is 9.01. The van der Waals surface area contributed by atoms with E-state index in [1.165, 1.54) is 0 Å². The lowest BCUT2D eigenvalue weighted by Gasteiger charge is -2.02. The first kappa shape index (κ1) is 9.99. The summed E-state index contributed by atoms with van der Waals surface area (Å²) in [6.07, 6.45) is 0. The Labute approximate surface area is 92.5 Å². The van der Waals surface area contributed by atoms with Gasteiger partial charge in [-0.2, -0.15) is 0 Å². The lowest BCUT2D eigenvalue weighted by atomic mass is 10.1. The molecule has 0 aliphatic rings. The SMILES string of the molecule is Cc1cc(-c2ccc(Cl)cc2)cc(=O)[nH]1. The van der Waals surface area contributed by atoms with Gasteiger partial charge in [0.1, 0.15) is 0 Å². The van der Waals surface area contributed by atoms with E-state index in [4.69, 9.17) is 11.6 Å². The largest absolute Gasteiger partial charge is 0.326 e. The van der Waals surface area contributed by atoms with Crippen molar-refractivity contribution in [3.8, 4) is 11.1 Å². The molecule has 3 heteroatoms. The van der Waals surface area contributed by atoms with Crippen LogP contribution in [0.4, 0.5) is 0 Å². The number of aromatic nitrogens is 1. The van der Waals surface area contributed by atoms with Gasteiger partial charge in [-0.1, -0.05) is 23.7 Å². The molecule has 15 heavy (non-hydrogen) atoms. The minimum Gasteiger partial charge on any atom is -0.326 e. The van der Waals surface area contributed by atoms with E-state index in [0.717, 1.165) is 16.8 Å². The maximum atomic E-state index is 11.3. The molecule has 2 rings (SSSR count). The van der Waals surface area contributed by atoms with Crippen molar-refractivity contribution in [2.24, 2.45) is 0 Å². The number of aryl methyl sites for hydroxylation is 1. The maximum absolute atomic E-state index is 11.3. The summed E-state index contributed by atoms with van der Waals surface area (Å²) < 4.78 is 0. The van der Waals surface area contributed by atoms with Crippen molar-refractivity contribution in [3.05, 3.63) is 57.5 Å². The fourth-order valence-electron chi connectivity index (χ4n) is 1.49. The molecule has 0 aliphatic heterocycles. The smallest absolute Gasteiger partial charge is 0.248 e. The molecule has 0 unspecified atom stereocenters. The number of halogens is 1. The molecular formula is C12H10ClNO. The maximum Gasteiger partial charge on any atom is 0.248 e. The Balaban J connectivity index is 2.54. The van der Waals surface area contributed by atoms with E-state index in [-0.39, 0.29) is 5.56 Å². The third kappa shape index (κ3) is 2.28. The van der Waals surface area contributed by atoms with Crippen LogP contribution in [0, 0.1) is 6.92 Å². The number of pyridine rings is 1. The second kappa shape index (κ2) is 3.91. The van der Waals surface area contributed by atoms with E-state index in [0.29, 0.717) is 5.02 Å². The highest BCUT2D eigenvalue weighted by Crippen LogP contribution is 2.20. The van der Waals surface area contributed by atoms with Crippen LogP contribution in [0.2, 0.25) is 5.02 Å². The van der Waals surface area contributed by atoms with Crippen LogP contribution in [0.15, 0.2) is 41.2 Å². The third-order valence-corrected chi connectivity index (χ3v) is 2.41. The first-order valence-corrected chi connectivity index (χ1v) is 5.00. The fourth-order valence-corrected chi connectivity index (χ4v) is 1.62. The second-order valence-corrected chi connectivity index (χ2v) is 3.86. The third-order valence-electron chi connectivity index (χ3n) is 2.16. The van der Waals surface area contributed by atoms with Crippen LogP contribution in [0.5, 0.6) is 0 Å². The van der Waals surface area contributed by atoms with Crippen molar-refractivity contribution in [3.63, 3.8) is 0 Å². The summed E-state index contributed by atoms with van der Waals surface area (Å²) in [5.74, 6) is 0. The quantitative estimate of drug-likeness (QED) is 0.786. The summed E-state index contributed by atoms with van der Waals surface area (Å²) in [5.41, 5.74) is 2.67. The van der Waals surface area contributed by atoms with Crippen LogP contribution in [-0.4, -0.2) is 4.98 Å². The average Bonchev–Trinajstić information content (AvgIpc) is 2.17. The number of H-pyrrole nitrogens is 1. The van der Waals surface area contributed by atoms with Crippen LogP contribution >= 0.6 is 11.6 Å². The first-order chi connectivity index (χ1) is 7.15. The summed E-state index contributed by atoms with van der Waals surface area (Å²) in [5, 5.41) is 0.695. The van der Waals surface area contributed by atoms with Gasteiger partial charge in [0.05, 0.1) is 0 Å². The molecule has 0 radical (unpaired) electrons. The molecule has 0 saturated carbocycles. The first-order valence-electron chi connectivity index (χ1n) is 4.62. The second-order valence-electron chi connectivity index (χ2n) is 3.42. The van der Waals surface area contributed by atoms with Crippen molar-refractivity contribution >= 4 is 11.6 Å². The molecule has 0 saturated heterocycles. The predicted octanol–water partition coefficient (Wildman–Crippen LogP) is 3.00. The Morgan fingerprint density at radius 1 is 1.07 bits per heavy atom. The zero-order valence-electron chi connectivity index (χ0n) is 8.25. The number of aromatic amines is 1. The van der Waals surface area contributed by atoms with Crippen LogP contribution < -0.4 is 5.56 Å². The van der Waals surface area contributed by atoms with Gasteiger partial charge < -0.3 is 4.98 Å². The topological polar surface area (TPSA) is 32.9 Å². The highest BCUT2D eigenvalue weighted by molar-refractivity contribution is 6.30. The normalized spacial score (nSPS) is 10.3. The number of benzene rings is 1. The van der Waals surface area contributed by atoms with Crippen molar-refractivity contribution in [2.45, 2.75) is 6.92 Å². The number of nitrogens with one attached hydrogen (secondary N) is 1. The Hall–Kier alpha value is -1.54. The molecule has 0 fully saturated rings. The fraction of sp³-hybridized carbons (Fsp3) is 0.0833. The van der Waals surface area contributed by atoms with Crippen molar-refractivity contribution < 1.29 is 0 Å². The van der Waals surface area contributed by atoms with Crippen molar-refractivity contribution in [1.29, 1.82) is 0 Å². The zero-order chi connectivity index (χ0) is 10.8. The molecule has 1 aromatic carbocycles. The van der Waals surface area contributed by atoms with E-state index in [2.05, 4.69) is 4.98 Å². The summed E-state index contributed by atoms with van der Waals surface area (Å²) in [6, 6.07) is 10.9. The minimum absolute atomic E-state index is 0.0834. The highest BCUT2D eigenvalue weighted by Gasteiger charge is 1.99. The molecule has 0 aliphatic carbocycles. The Bertz CT molecular complexity index is 528. The van der Waals surface area contributed by atoms with Crippen LogP contribution in [0.25, 0.3) is 11.1 Å². The molecule has 0 atom stereocenters. The molecule has 76 valence electrons. The minimum atomic E-state index is -0.0834. The van der Waals surface area contributed by atoms with Gasteiger partial charge in [0.2, 0.25) is 5.56 Å². The van der Waals surface area contributed by atoms with Gasteiger partial charge in [0.15, 0.2) is 0 Å². The number of rotatable bonds is 1. The van der Waals surface area contributed by atoms with Gasteiger partial charge in [-0.25, -0.2) is 0 Å². The molecular weight excluding hydrogens is 210 g/mol. The van der Waals surface area contributed by atoms with Gasteiger partial charge in [0.25, 0.3) is 0 Å². The van der Waals surface area contributed by atoms with Gasteiger partial charge >= 0.3 is 0 Å². The predicted molar refractivity (Wildman–Crippen MR) is 62.2 cm³/mol. The standard InChI is InChI=1S/C12H10ClNO/c1-8-6-10(7-12(15)14-8)9-2-4-11(13)5-3-9/h2-7H,1H3,(H,14,15). The van der Waals surface area contributed by atoms with E-state index in [1.807, 2.05) is 37.3 Å². The van der Waals surface area contributed by atoms with Gasteiger partial charge in [0, 0.05) is 16.8 Å². The van der Waals surface area contributed by atoms with E-state index in [1.54, 1.807) is 6.07 Å². The van der Waals surface area contributed by atoms with E-state index >= 15 is 0 Å². The molecule has 2 nitrogen and oxygen atoms in total. The Morgan fingerprint density at radius 2 is 1.73 bits per heavy atom. The summed E-state index contributed by atoms with van der Waals surface area (Å²) in [7, 11) is 0. The van der Waals surface area contributed by atoms with Crippen LogP contribution in [0.3, 0.4) is 0 Å². The summed E-state index contributed by atoms with van der Waals surface area (Å²) in [6.45, 7) is 1.86. The molecule has 1 N–H and O–H groups in total. The lowest BCUT2D eigenvalue weighted by molar-refractivity contribution is 1.14. The van der Waals surface area contributed by atoms with Crippen molar-refractivity contribution in [1.82, 2.24) is 4.98 Å². The molecule has 0 spiro atoms.